The number of Topliss-reactive ketones (excluding diaryl/α,β-unsaturated/α-hetero) is 2. The number of fused-ring (bicyclic) bond motifs is 3. The van der Waals surface area contributed by atoms with E-state index in [9.17, 15) is 14.4 Å². The fourth-order valence-corrected chi connectivity index (χ4v) is 3.34. The number of hydrogen-bond donors (Lipinski definition) is 0. The number of hydrogen-bond acceptors (Lipinski definition) is 4. The number of para-hydroxylation sites is 2. The van der Waals surface area contributed by atoms with Crippen LogP contribution in [0.1, 0.15) is 40.7 Å². The van der Waals surface area contributed by atoms with Crippen LogP contribution in [0.2, 0.25) is 0 Å². The molecule has 0 atom stereocenters. The quantitative estimate of drug-likeness (QED) is 0.414. The Balaban J connectivity index is 2.00. The molecule has 27 heavy (non-hydrogen) atoms. The Hall–Kier alpha value is -3.54. The van der Waals surface area contributed by atoms with Crippen LogP contribution in [0.15, 0.2) is 65.7 Å². The number of carbonyl (C=O) groups is 2. The van der Waals surface area contributed by atoms with Crippen LogP contribution >= 0.6 is 0 Å². The van der Waals surface area contributed by atoms with Crippen LogP contribution in [0.5, 0.6) is 0 Å². The first-order chi connectivity index (χ1) is 13.0. The minimum absolute atomic E-state index is 0.116. The van der Waals surface area contributed by atoms with Crippen molar-refractivity contribution in [3.63, 3.8) is 0 Å². The molecule has 0 fully saturated rings. The largest absolute Gasteiger partial charge is 0.302 e. The number of imidazole rings is 1. The molecule has 2 heterocycles. The Bertz CT molecular complexity index is 1250. The van der Waals surface area contributed by atoms with Crippen molar-refractivity contribution >= 4 is 28.1 Å². The van der Waals surface area contributed by atoms with Crippen LogP contribution in [-0.2, 0) is 0 Å². The highest BCUT2D eigenvalue weighted by Crippen LogP contribution is 2.20. The van der Waals surface area contributed by atoms with E-state index in [-0.39, 0.29) is 28.4 Å². The lowest BCUT2D eigenvalue weighted by Crippen LogP contribution is -2.26. The maximum absolute atomic E-state index is 13.2. The van der Waals surface area contributed by atoms with E-state index in [2.05, 4.69) is 4.98 Å². The molecule has 0 saturated carbocycles. The number of nitrogens with zero attached hydrogens (tertiary/aromatic N) is 3. The lowest BCUT2D eigenvalue weighted by molar-refractivity contribution is 0.0815. The molecule has 0 spiro atoms. The van der Waals surface area contributed by atoms with Crippen molar-refractivity contribution in [3.05, 3.63) is 82.5 Å². The highest BCUT2D eigenvalue weighted by Gasteiger charge is 2.26. The average molecular weight is 359 g/mol. The monoisotopic (exact) mass is 359 g/mol. The van der Waals surface area contributed by atoms with Gasteiger partial charge >= 0.3 is 0 Å². The average Bonchev–Trinajstić information content (AvgIpc) is 3.13. The molecule has 0 N–H and O–H groups in total. The second-order valence-electron chi connectivity index (χ2n) is 6.59. The van der Waals surface area contributed by atoms with Crippen LogP contribution in [0.3, 0.4) is 0 Å². The van der Waals surface area contributed by atoms with E-state index in [1.807, 2.05) is 38.1 Å². The van der Waals surface area contributed by atoms with Gasteiger partial charge in [-0.25, -0.2) is 4.98 Å². The Morgan fingerprint density at radius 3 is 2.19 bits per heavy atom. The van der Waals surface area contributed by atoms with Crippen molar-refractivity contribution in [3.8, 4) is 0 Å². The number of ketones is 2. The highest BCUT2D eigenvalue weighted by molar-refractivity contribution is 6.49. The van der Waals surface area contributed by atoms with Gasteiger partial charge in [0.15, 0.2) is 0 Å². The van der Waals surface area contributed by atoms with Crippen molar-refractivity contribution in [2.45, 2.75) is 19.9 Å². The molecule has 2 aromatic heterocycles. The normalized spacial score (nSPS) is 11.4. The van der Waals surface area contributed by atoms with Crippen molar-refractivity contribution in [1.29, 1.82) is 0 Å². The van der Waals surface area contributed by atoms with Gasteiger partial charge in [-0.15, -0.1) is 0 Å². The van der Waals surface area contributed by atoms with Gasteiger partial charge in [0.25, 0.3) is 11.3 Å². The summed E-state index contributed by atoms with van der Waals surface area (Å²) in [5.41, 5.74) is 1.43. The molecular weight excluding hydrogens is 342 g/mol. The van der Waals surface area contributed by atoms with Crippen LogP contribution in [0.4, 0.5) is 0 Å². The molecule has 2 aromatic carbocycles. The third kappa shape index (κ3) is 2.57. The van der Waals surface area contributed by atoms with Crippen molar-refractivity contribution in [2.24, 2.45) is 0 Å². The summed E-state index contributed by atoms with van der Waals surface area (Å²) in [6, 6.07) is 15.6. The van der Waals surface area contributed by atoms with E-state index in [1.165, 1.54) is 6.33 Å². The molecule has 0 aliphatic heterocycles. The first-order valence-electron chi connectivity index (χ1n) is 8.65. The molecule has 0 aliphatic rings. The SMILES string of the molecule is CC(C)n1c(=O)c2c(C(=O)C(=O)c3ccccc3)ncn2c2ccccc21. The molecule has 0 aliphatic carbocycles. The van der Waals surface area contributed by atoms with Gasteiger partial charge in [0, 0.05) is 11.6 Å². The minimum atomic E-state index is -0.786. The van der Waals surface area contributed by atoms with Gasteiger partial charge in [-0.1, -0.05) is 42.5 Å². The maximum atomic E-state index is 13.2. The van der Waals surface area contributed by atoms with E-state index in [0.717, 1.165) is 11.0 Å². The zero-order valence-corrected chi connectivity index (χ0v) is 14.9. The second-order valence-corrected chi connectivity index (χ2v) is 6.59. The van der Waals surface area contributed by atoms with Gasteiger partial charge in [-0.2, -0.15) is 0 Å². The number of aromatic nitrogens is 3. The molecular formula is C21H17N3O3. The molecule has 4 aromatic rings. The Morgan fingerprint density at radius 2 is 1.52 bits per heavy atom. The first-order valence-corrected chi connectivity index (χ1v) is 8.65. The van der Waals surface area contributed by atoms with Crippen molar-refractivity contribution in [1.82, 2.24) is 14.0 Å². The van der Waals surface area contributed by atoms with Gasteiger partial charge in [0.2, 0.25) is 5.78 Å². The minimum Gasteiger partial charge on any atom is -0.302 e. The van der Waals surface area contributed by atoms with Gasteiger partial charge in [0.1, 0.15) is 17.5 Å². The molecule has 0 radical (unpaired) electrons. The number of rotatable bonds is 4. The predicted octanol–water partition coefficient (Wildman–Crippen LogP) is 3.30. The number of carbonyl (C=O) groups excluding carboxylic acids is 2. The zero-order chi connectivity index (χ0) is 19.1. The Kier molecular flexibility index (Phi) is 3.96. The predicted molar refractivity (Wildman–Crippen MR) is 102 cm³/mol. The maximum Gasteiger partial charge on any atom is 0.278 e. The molecule has 6 nitrogen and oxygen atoms in total. The van der Waals surface area contributed by atoms with E-state index in [4.69, 9.17) is 0 Å². The van der Waals surface area contributed by atoms with E-state index >= 15 is 0 Å². The summed E-state index contributed by atoms with van der Waals surface area (Å²) in [7, 11) is 0. The van der Waals surface area contributed by atoms with E-state index in [1.54, 1.807) is 39.3 Å². The Morgan fingerprint density at radius 1 is 0.889 bits per heavy atom. The topological polar surface area (TPSA) is 73.4 Å². The summed E-state index contributed by atoms with van der Waals surface area (Å²) >= 11 is 0. The zero-order valence-electron chi connectivity index (χ0n) is 14.9. The molecule has 0 bridgehead atoms. The summed E-state index contributed by atoms with van der Waals surface area (Å²) in [4.78, 5) is 42.7. The van der Waals surface area contributed by atoms with E-state index < -0.39 is 11.6 Å². The van der Waals surface area contributed by atoms with Crippen LogP contribution < -0.4 is 5.56 Å². The summed E-state index contributed by atoms with van der Waals surface area (Å²) < 4.78 is 3.21. The molecule has 0 saturated heterocycles. The third-order valence-corrected chi connectivity index (χ3v) is 4.56. The van der Waals surface area contributed by atoms with Gasteiger partial charge in [-0.05, 0) is 26.0 Å². The van der Waals surface area contributed by atoms with E-state index in [0.29, 0.717) is 0 Å². The lowest BCUT2D eigenvalue weighted by Gasteiger charge is -2.15. The smallest absolute Gasteiger partial charge is 0.278 e. The first kappa shape index (κ1) is 16.9. The molecule has 4 rings (SSSR count). The van der Waals surface area contributed by atoms with Crippen LogP contribution in [0.25, 0.3) is 16.6 Å². The highest BCUT2D eigenvalue weighted by atomic mass is 16.2. The molecule has 6 heteroatoms. The van der Waals surface area contributed by atoms with Gasteiger partial charge in [-0.3, -0.25) is 18.8 Å². The molecule has 0 amide bonds. The summed E-state index contributed by atoms with van der Waals surface area (Å²) in [5, 5.41) is 0. The van der Waals surface area contributed by atoms with Crippen LogP contribution in [0, 0.1) is 0 Å². The fourth-order valence-electron chi connectivity index (χ4n) is 3.34. The standard InChI is InChI=1S/C21H17N3O3/c1-13(2)24-16-11-7-6-10-15(16)23-12-22-17(18(23)21(24)27)20(26)19(25)14-8-4-3-5-9-14/h3-13H,1-2H3. The van der Waals surface area contributed by atoms with Crippen molar-refractivity contribution in [2.75, 3.05) is 0 Å². The summed E-state index contributed by atoms with van der Waals surface area (Å²) in [6.07, 6.45) is 1.43. The Labute approximate surface area is 154 Å². The van der Waals surface area contributed by atoms with Gasteiger partial charge < -0.3 is 4.57 Å². The van der Waals surface area contributed by atoms with Gasteiger partial charge in [0.05, 0.1) is 11.0 Å². The second kappa shape index (κ2) is 6.32. The van der Waals surface area contributed by atoms with Crippen LogP contribution in [-0.4, -0.2) is 25.5 Å². The molecule has 134 valence electrons. The number of benzene rings is 2. The lowest BCUT2D eigenvalue weighted by atomic mass is 10.1. The fraction of sp³-hybridized carbons (Fsp3) is 0.143. The summed E-state index contributed by atoms with van der Waals surface area (Å²) in [6.45, 7) is 3.80. The van der Waals surface area contributed by atoms with Crippen molar-refractivity contribution < 1.29 is 9.59 Å². The summed E-state index contributed by atoms with van der Waals surface area (Å²) in [5.74, 6) is -1.47. The third-order valence-electron chi connectivity index (χ3n) is 4.56. The molecule has 0 unspecified atom stereocenters.